The summed E-state index contributed by atoms with van der Waals surface area (Å²) in [6.45, 7) is 0. The molecule has 2 aromatic rings. The van der Waals surface area contributed by atoms with Gasteiger partial charge in [0.25, 0.3) is 0 Å². The van der Waals surface area contributed by atoms with E-state index >= 15 is 0 Å². The average molecular weight is 225 g/mol. The van der Waals surface area contributed by atoms with Gasteiger partial charge in [0.2, 0.25) is 0 Å². The number of nitrogens with one attached hydrogen (secondary N) is 1. The molecule has 1 aromatic carbocycles. The van der Waals surface area contributed by atoms with Crippen LogP contribution in [-0.4, -0.2) is 27.2 Å². The maximum atomic E-state index is 11.3. The highest BCUT2D eigenvalue weighted by molar-refractivity contribution is 5.86. The van der Waals surface area contributed by atoms with Crippen LogP contribution >= 0.6 is 0 Å². The average Bonchev–Trinajstić information content (AvgIpc) is 2.73. The minimum absolute atomic E-state index is 0.180. The molecule has 0 aliphatic carbocycles. The van der Waals surface area contributed by atoms with E-state index in [1.807, 2.05) is 0 Å². The number of hydrogen-bond donors (Lipinski definition) is 4. The van der Waals surface area contributed by atoms with Crippen molar-refractivity contribution in [1.29, 1.82) is 0 Å². The lowest BCUT2D eigenvalue weighted by Crippen LogP contribution is -2.32. The van der Waals surface area contributed by atoms with Crippen LogP contribution in [0.15, 0.2) is 24.3 Å². The van der Waals surface area contributed by atoms with Gasteiger partial charge in [0.05, 0.1) is 1.37 Å². The van der Waals surface area contributed by atoms with Gasteiger partial charge in [-0.2, -0.15) is 0 Å². The Balaban J connectivity index is 2.77. The van der Waals surface area contributed by atoms with Crippen molar-refractivity contribution >= 4 is 16.9 Å². The lowest BCUT2D eigenvalue weighted by Gasteiger charge is -2.05. The molecule has 1 aromatic heterocycles. The van der Waals surface area contributed by atoms with Crippen molar-refractivity contribution in [2.24, 2.45) is 5.72 Å². The quantitative estimate of drug-likeness (QED) is 0.619. The maximum absolute atomic E-state index is 11.3. The summed E-state index contributed by atoms with van der Waals surface area (Å²) in [5, 5.41) is 19.2. The monoisotopic (exact) mass is 225 g/mol. The molecule has 0 radical (unpaired) electrons. The van der Waals surface area contributed by atoms with Crippen LogP contribution in [0.5, 0.6) is 5.88 Å². The molecular weight excluding hydrogens is 208 g/mol. The zero-order valence-electron chi connectivity index (χ0n) is 13.1. The number of aromatic hydroxyl groups is 1. The number of rotatable bonds is 4. The molecule has 5 nitrogen and oxygen atoms in total. The molecule has 2 rings (SSSR count). The lowest BCUT2D eigenvalue weighted by atomic mass is 10.1. The summed E-state index contributed by atoms with van der Waals surface area (Å²) >= 11 is 0. The van der Waals surface area contributed by atoms with Gasteiger partial charge in [0, 0.05) is 25.6 Å². The molecule has 0 aliphatic rings. The number of carboxylic acids is 1. The van der Waals surface area contributed by atoms with Crippen molar-refractivity contribution < 1.29 is 21.9 Å². The number of fused-ring (bicyclic) bond motifs is 1. The highest BCUT2D eigenvalue weighted by atomic mass is 16.4. The highest BCUT2D eigenvalue weighted by Gasteiger charge is 2.18. The second-order valence-corrected chi connectivity index (χ2v) is 3.17. The molecule has 0 spiro atoms. The molecule has 0 bridgehead atoms. The fraction of sp³-hybridized carbons (Fsp3) is 0.182. The number of nitrogens with two attached hydrogens (primary N) is 1. The predicted octanol–water partition coefficient (Wildman–Crippen LogP) is 0.828. The second kappa shape index (κ2) is 3.86. The van der Waals surface area contributed by atoms with E-state index in [-0.39, 0.29) is 5.39 Å². The summed E-state index contributed by atoms with van der Waals surface area (Å²) in [6.07, 6.45) is -3.02. The number of aromatic nitrogens is 1. The number of para-hydroxylation sites is 1. The van der Waals surface area contributed by atoms with Gasteiger partial charge >= 0.3 is 5.97 Å². The predicted molar refractivity (Wildman–Crippen MR) is 59.3 cm³/mol. The number of hydrogen-bond acceptors (Lipinski definition) is 3. The van der Waals surface area contributed by atoms with E-state index in [4.69, 9.17) is 12.0 Å². The topological polar surface area (TPSA) is 99.3 Å². The van der Waals surface area contributed by atoms with Crippen LogP contribution in [0.4, 0.5) is 0 Å². The standard InChI is InChI=1S/C11H12N2O3/c12-8(11(15)16)5-7-6-3-1-2-4-9(6)13-10(7)14/h1-4,8,13-14H,5,12H2,(H,15,16)/t8-/m0/s1/i5D2,8D/hD2. The fourth-order valence-corrected chi connectivity index (χ4v) is 1.43. The van der Waals surface area contributed by atoms with E-state index in [1.165, 1.54) is 6.07 Å². The summed E-state index contributed by atoms with van der Waals surface area (Å²) in [5.41, 5.74) is -0.653. The number of aliphatic carboxylic acids is 1. The van der Waals surface area contributed by atoms with Gasteiger partial charge in [-0.25, -0.2) is 0 Å². The van der Waals surface area contributed by atoms with E-state index in [2.05, 4.69) is 4.98 Å². The van der Waals surface area contributed by atoms with Crippen LogP contribution in [0.2, 0.25) is 2.82 Å². The Bertz CT molecular complexity index is 702. The van der Waals surface area contributed by atoms with E-state index < -0.39 is 35.5 Å². The Morgan fingerprint density at radius 2 is 2.44 bits per heavy atom. The third-order valence-electron chi connectivity index (χ3n) is 2.13. The third kappa shape index (κ3) is 1.72. The van der Waals surface area contributed by atoms with Gasteiger partial charge < -0.3 is 20.9 Å². The molecule has 0 unspecified atom stereocenters. The lowest BCUT2D eigenvalue weighted by molar-refractivity contribution is -0.138. The number of H-pyrrole nitrogens is 1. The van der Waals surface area contributed by atoms with Gasteiger partial charge in [-0.1, -0.05) is 18.2 Å². The van der Waals surface area contributed by atoms with Gasteiger partial charge in [-0.05, 0) is 6.07 Å². The Morgan fingerprint density at radius 3 is 3.12 bits per heavy atom. The molecule has 0 aliphatic heterocycles. The van der Waals surface area contributed by atoms with E-state index in [0.717, 1.165) is 0 Å². The van der Waals surface area contributed by atoms with Gasteiger partial charge in [0.15, 0.2) is 5.88 Å². The van der Waals surface area contributed by atoms with Crippen LogP contribution in [-0.2, 0) is 11.2 Å². The largest absolute Gasteiger partial charge is 0.494 e. The maximum Gasteiger partial charge on any atom is 0.320 e. The van der Waals surface area contributed by atoms with Gasteiger partial charge in [-0.3, -0.25) is 4.79 Å². The number of carboxylic acid groups (broad SMARTS) is 1. The van der Waals surface area contributed by atoms with Crippen molar-refractivity contribution in [3.05, 3.63) is 29.8 Å². The normalized spacial score (nSPS) is 20.4. The minimum Gasteiger partial charge on any atom is -0.494 e. The minimum atomic E-state index is -3.25. The van der Waals surface area contributed by atoms with Crippen molar-refractivity contribution in [1.82, 2.24) is 4.98 Å². The first-order chi connectivity index (χ1) is 9.64. The molecular formula is C11H12N2O3. The van der Waals surface area contributed by atoms with E-state index in [9.17, 15) is 9.90 Å². The fourth-order valence-electron chi connectivity index (χ4n) is 1.43. The summed E-state index contributed by atoms with van der Waals surface area (Å²) < 4.78 is 37.8. The molecule has 1 atom stereocenters. The number of benzene rings is 1. The Morgan fingerprint density at radius 1 is 1.69 bits per heavy atom. The van der Waals surface area contributed by atoms with Crippen molar-refractivity contribution in [2.45, 2.75) is 12.4 Å². The molecule has 1 heterocycles. The molecule has 5 heteroatoms. The Kier molecular flexibility index (Phi) is 1.43. The summed E-state index contributed by atoms with van der Waals surface area (Å²) in [7, 11) is 0. The van der Waals surface area contributed by atoms with Crippen LogP contribution in [0.1, 0.15) is 9.68 Å². The first kappa shape index (κ1) is 5.91. The third-order valence-corrected chi connectivity index (χ3v) is 2.13. The van der Waals surface area contributed by atoms with Gasteiger partial charge in [-0.15, -0.1) is 0 Å². The van der Waals surface area contributed by atoms with Crippen molar-refractivity contribution in [2.75, 3.05) is 0 Å². The first-order valence-corrected chi connectivity index (χ1v) is 4.45. The number of carbonyl (C=O) groups is 1. The van der Waals surface area contributed by atoms with Crippen molar-refractivity contribution in [3.63, 3.8) is 0 Å². The van der Waals surface area contributed by atoms with E-state index in [0.29, 0.717) is 5.52 Å². The zero-order valence-corrected chi connectivity index (χ0v) is 8.06. The first-order valence-electron chi connectivity index (χ1n) is 6.85. The van der Waals surface area contributed by atoms with E-state index in [1.54, 1.807) is 18.2 Å². The van der Waals surface area contributed by atoms with Crippen molar-refractivity contribution in [3.8, 4) is 5.88 Å². The molecule has 0 saturated carbocycles. The zero-order chi connectivity index (χ0) is 16.0. The highest BCUT2D eigenvalue weighted by Crippen LogP contribution is 2.27. The van der Waals surface area contributed by atoms with Crippen LogP contribution in [0.3, 0.4) is 0 Å². The Hall–Kier alpha value is -2.01. The summed E-state index contributed by atoms with van der Waals surface area (Å²) in [4.78, 5) is 13.7. The molecule has 0 amide bonds. The smallest absolute Gasteiger partial charge is 0.320 e. The van der Waals surface area contributed by atoms with Crippen LogP contribution in [0.25, 0.3) is 10.9 Å². The Labute approximate surface area is 98.6 Å². The molecule has 5 N–H and O–H groups in total. The molecule has 16 heavy (non-hydrogen) atoms. The summed E-state index contributed by atoms with van der Waals surface area (Å²) in [5.74, 6) is -2.65. The molecule has 84 valence electrons. The summed E-state index contributed by atoms with van der Waals surface area (Å²) in [6, 6.07) is 2.92. The SMILES string of the molecule is [2H]N([2H])[C@]([2H])(C(=O)O)C([2H])([2H])c1c(O)[nH]c2ccccc12. The second-order valence-electron chi connectivity index (χ2n) is 3.17. The molecule has 0 saturated heterocycles. The van der Waals surface area contributed by atoms with Crippen LogP contribution in [0, 0.1) is 0 Å². The number of aromatic amines is 1. The molecule has 0 fully saturated rings. The van der Waals surface area contributed by atoms with Crippen LogP contribution < -0.4 is 5.72 Å². The van der Waals surface area contributed by atoms with Gasteiger partial charge in [0.1, 0.15) is 8.84 Å².